The number of hydrogen-bond donors (Lipinski definition) is 1. The third kappa shape index (κ3) is 6.45. The molecule has 0 fully saturated rings. The maximum Gasteiger partial charge on any atom is 0.283 e. The molecule has 0 aliphatic carbocycles. The Morgan fingerprint density at radius 1 is 1.05 bits per heavy atom. The molecule has 0 bridgehead atoms. The molecule has 3 aromatic carbocycles. The number of benzene rings is 3. The second kappa shape index (κ2) is 12.2. The average Bonchev–Trinajstić information content (AvgIpc) is 3.34. The van der Waals surface area contributed by atoms with Crippen LogP contribution in [0.4, 0.5) is 0 Å². The first-order chi connectivity index (χ1) is 18.9. The Balaban J connectivity index is 1.35. The number of hydrogen-bond acceptors (Lipinski definition) is 7. The number of rotatable bonds is 9. The topological polar surface area (TPSA) is 96.6 Å². The van der Waals surface area contributed by atoms with E-state index in [9.17, 15) is 4.79 Å². The van der Waals surface area contributed by atoms with Crippen LogP contribution in [-0.4, -0.2) is 40.2 Å². The van der Waals surface area contributed by atoms with E-state index in [1.165, 1.54) is 16.8 Å². The van der Waals surface area contributed by atoms with E-state index < -0.39 is 5.91 Å². The number of fused-ring (bicyclic) bond motifs is 1. The Kier molecular flexibility index (Phi) is 8.53. The molecule has 5 rings (SSSR count). The number of nitrogens with zero attached hydrogens (tertiary/aromatic N) is 3. The highest BCUT2D eigenvalue weighted by Gasteiger charge is 2.35. The molecule has 198 valence electrons. The summed E-state index contributed by atoms with van der Waals surface area (Å²) in [4.78, 5) is 17.1. The van der Waals surface area contributed by atoms with Gasteiger partial charge in [0.1, 0.15) is 24.0 Å². The summed E-state index contributed by atoms with van der Waals surface area (Å²) in [6.45, 7) is 2.87. The predicted molar refractivity (Wildman–Crippen MR) is 163 cm³/mol. The van der Waals surface area contributed by atoms with Gasteiger partial charge in [0, 0.05) is 5.02 Å². The van der Waals surface area contributed by atoms with E-state index in [4.69, 9.17) is 31.2 Å². The number of carbonyl (C=O) groups excluding carboxylic acids is 1. The predicted octanol–water partition coefficient (Wildman–Crippen LogP) is 6.62. The molecule has 0 spiro atoms. The number of thioether (sulfide) groups is 1. The van der Waals surface area contributed by atoms with Gasteiger partial charge in [-0.2, -0.15) is 15.1 Å². The van der Waals surface area contributed by atoms with Gasteiger partial charge >= 0.3 is 0 Å². The van der Waals surface area contributed by atoms with Gasteiger partial charge in [-0.3, -0.25) is 10.2 Å². The lowest BCUT2D eigenvalue weighted by Gasteiger charge is -2.20. The number of amidine groups is 2. The molecule has 8 nitrogen and oxygen atoms in total. The fraction of sp³-hybridized carbons (Fsp3) is 0.143. The number of amides is 1. The zero-order valence-corrected chi connectivity index (χ0v) is 24.4. The summed E-state index contributed by atoms with van der Waals surface area (Å²) in [7, 11) is 0. The Labute approximate surface area is 248 Å². The molecule has 3 aromatic rings. The molecule has 0 saturated heterocycles. The highest BCUT2D eigenvalue weighted by atomic mass is 127. The quantitative estimate of drug-likeness (QED) is 0.203. The molecular formula is C28H22ClIN4O4S. The highest BCUT2D eigenvalue weighted by Crippen LogP contribution is 2.36. The van der Waals surface area contributed by atoms with Crippen LogP contribution >= 0.6 is 46.0 Å². The molecular weight excluding hydrogens is 651 g/mol. The van der Waals surface area contributed by atoms with E-state index in [1.54, 1.807) is 12.1 Å². The smallest absolute Gasteiger partial charge is 0.283 e. The van der Waals surface area contributed by atoms with E-state index in [0.717, 1.165) is 9.13 Å². The van der Waals surface area contributed by atoms with Crippen molar-refractivity contribution in [1.82, 2.24) is 5.01 Å². The number of aliphatic imine (C=N–C) groups is 1. The van der Waals surface area contributed by atoms with Crippen molar-refractivity contribution in [3.05, 3.63) is 92.0 Å². The van der Waals surface area contributed by atoms with Crippen molar-refractivity contribution in [3.63, 3.8) is 0 Å². The Bertz CT molecular complexity index is 1510. The van der Waals surface area contributed by atoms with Crippen LogP contribution in [-0.2, 0) is 11.4 Å². The van der Waals surface area contributed by atoms with Crippen molar-refractivity contribution in [2.45, 2.75) is 13.5 Å². The van der Waals surface area contributed by atoms with Crippen molar-refractivity contribution >= 4 is 74.0 Å². The number of ether oxygens (including phenoxy) is 3. The van der Waals surface area contributed by atoms with Crippen LogP contribution in [0, 0.1) is 8.98 Å². The average molecular weight is 673 g/mol. The van der Waals surface area contributed by atoms with Gasteiger partial charge in [0.15, 0.2) is 17.3 Å². The number of hydrazone groups is 1. The van der Waals surface area contributed by atoms with Gasteiger partial charge in [-0.25, -0.2) is 0 Å². The normalized spacial score (nSPS) is 15.7. The van der Waals surface area contributed by atoms with Gasteiger partial charge in [0.2, 0.25) is 5.17 Å². The van der Waals surface area contributed by atoms with Gasteiger partial charge in [-0.05, 0) is 94.9 Å². The molecule has 39 heavy (non-hydrogen) atoms. The van der Waals surface area contributed by atoms with E-state index in [-0.39, 0.29) is 18.0 Å². The Morgan fingerprint density at radius 2 is 1.82 bits per heavy atom. The minimum atomic E-state index is -0.504. The van der Waals surface area contributed by atoms with E-state index in [0.29, 0.717) is 51.3 Å². The zero-order valence-electron chi connectivity index (χ0n) is 20.7. The highest BCUT2D eigenvalue weighted by molar-refractivity contribution is 14.1. The minimum Gasteiger partial charge on any atom is -0.490 e. The van der Waals surface area contributed by atoms with Crippen molar-refractivity contribution in [2.75, 3.05) is 13.2 Å². The summed E-state index contributed by atoms with van der Waals surface area (Å²) in [6, 6.07) is 20.5. The zero-order chi connectivity index (χ0) is 27.4. The van der Waals surface area contributed by atoms with Crippen molar-refractivity contribution in [3.8, 4) is 17.2 Å². The fourth-order valence-corrected chi connectivity index (χ4v) is 5.43. The largest absolute Gasteiger partial charge is 0.490 e. The lowest BCUT2D eigenvalue weighted by atomic mass is 10.1. The second-order valence-corrected chi connectivity index (χ2v) is 10.9. The second-order valence-electron chi connectivity index (χ2n) is 8.29. The molecule has 0 saturated carbocycles. The first kappa shape index (κ1) is 27.2. The maximum absolute atomic E-state index is 12.9. The first-order valence-corrected chi connectivity index (χ1v) is 14.2. The maximum atomic E-state index is 12.9. The summed E-state index contributed by atoms with van der Waals surface area (Å²) in [5.41, 5.74) is 1.77. The van der Waals surface area contributed by atoms with Crippen molar-refractivity contribution in [2.24, 2.45) is 10.1 Å². The molecule has 2 aliphatic rings. The van der Waals surface area contributed by atoms with Crippen LogP contribution in [0.1, 0.15) is 18.1 Å². The van der Waals surface area contributed by atoms with Crippen molar-refractivity contribution in [1.29, 1.82) is 5.41 Å². The molecule has 1 amide bonds. The molecule has 11 heteroatoms. The summed E-state index contributed by atoms with van der Waals surface area (Å²) in [5, 5.41) is 16.1. The first-order valence-electron chi connectivity index (χ1n) is 11.9. The standard InChI is InChI=1S/C28H22ClIN4O4S/c1-2-36-23-14-18(13-22(30)25(23)38-15-17-8-10-19(29)11-9-17)12-21-26(31)34-28(32-27(21)35)39-24(33-34)16-37-20-6-4-3-5-7-20/h3-14,31H,2,15-16H2,1H3/b21-12-,31-26?. The number of halogens is 2. The van der Waals surface area contributed by atoms with Crippen LogP contribution in [0.3, 0.4) is 0 Å². The minimum absolute atomic E-state index is 0.0526. The summed E-state index contributed by atoms with van der Waals surface area (Å²) in [6.07, 6.45) is 1.62. The summed E-state index contributed by atoms with van der Waals surface area (Å²) < 4.78 is 18.5. The summed E-state index contributed by atoms with van der Waals surface area (Å²) in [5.74, 6) is 1.29. The number of carbonyl (C=O) groups is 1. The van der Waals surface area contributed by atoms with Crippen LogP contribution in [0.2, 0.25) is 5.02 Å². The molecule has 0 aromatic heterocycles. The number of para-hydroxylation sites is 1. The van der Waals surface area contributed by atoms with Gasteiger partial charge < -0.3 is 14.2 Å². The van der Waals surface area contributed by atoms with Gasteiger partial charge in [0.05, 0.1) is 15.8 Å². The van der Waals surface area contributed by atoms with Gasteiger partial charge in [-0.15, -0.1) is 0 Å². The molecule has 1 N–H and O–H groups in total. The lowest BCUT2D eigenvalue weighted by Crippen LogP contribution is -2.35. The van der Waals surface area contributed by atoms with Crippen molar-refractivity contribution < 1.29 is 19.0 Å². The van der Waals surface area contributed by atoms with E-state index >= 15 is 0 Å². The van der Waals surface area contributed by atoms with Gasteiger partial charge in [-0.1, -0.05) is 41.9 Å². The van der Waals surface area contributed by atoms with Crippen LogP contribution in [0.15, 0.2) is 82.4 Å². The Hall–Kier alpha value is -3.35. The lowest BCUT2D eigenvalue weighted by molar-refractivity contribution is -0.114. The van der Waals surface area contributed by atoms with Gasteiger partial charge in [0.25, 0.3) is 5.91 Å². The molecule has 0 atom stereocenters. The SMILES string of the molecule is CCOc1cc(/C=C2/C(=N)N3N=C(COc4ccccc4)SC3=NC2=O)cc(I)c1OCc1ccc(Cl)cc1. The number of nitrogens with one attached hydrogen (secondary N) is 1. The Morgan fingerprint density at radius 3 is 2.56 bits per heavy atom. The fourth-order valence-electron chi connectivity index (χ4n) is 3.73. The van der Waals surface area contributed by atoms with Crippen LogP contribution in [0.25, 0.3) is 6.08 Å². The molecule has 2 heterocycles. The third-order valence-corrected chi connectivity index (χ3v) is 7.48. The molecule has 0 radical (unpaired) electrons. The third-order valence-electron chi connectivity index (χ3n) is 5.54. The van der Waals surface area contributed by atoms with Crippen LogP contribution in [0.5, 0.6) is 17.2 Å². The molecule has 2 aliphatic heterocycles. The van der Waals surface area contributed by atoms with Crippen LogP contribution < -0.4 is 14.2 Å². The summed E-state index contributed by atoms with van der Waals surface area (Å²) >= 11 is 9.37. The van der Waals surface area contributed by atoms with E-state index in [1.807, 2.05) is 67.6 Å². The van der Waals surface area contributed by atoms with E-state index in [2.05, 4.69) is 32.7 Å². The molecule has 0 unspecified atom stereocenters. The monoisotopic (exact) mass is 672 g/mol.